The molecule has 3 rings (SSSR count). The maximum atomic E-state index is 11.2. The second-order valence-electron chi connectivity index (χ2n) is 4.35. The van der Waals surface area contributed by atoms with Crippen LogP contribution < -0.4 is 0 Å². The van der Waals surface area contributed by atoms with Gasteiger partial charge >= 0.3 is 5.97 Å². The lowest BCUT2D eigenvalue weighted by molar-refractivity contribution is -0.146. The lowest BCUT2D eigenvalue weighted by atomic mass is 9.56. The third kappa shape index (κ3) is 0.445. The zero-order chi connectivity index (χ0) is 7.64. The van der Waals surface area contributed by atoms with Crippen molar-refractivity contribution in [1.82, 2.24) is 0 Å². The first-order valence-electron chi connectivity index (χ1n) is 4.43. The van der Waals surface area contributed by atoms with Crippen LogP contribution in [0.4, 0.5) is 0 Å². The molecule has 0 radical (unpaired) electrons. The summed E-state index contributed by atoms with van der Waals surface area (Å²) >= 11 is 0. The van der Waals surface area contributed by atoms with Crippen LogP contribution in [0.15, 0.2) is 0 Å². The van der Waals surface area contributed by atoms with Crippen molar-refractivity contribution in [2.75, 3.05) is 0 Å². The minimum Gasteiger partial charge on any atom is -0.462 e. The zero-order valence-electron chi connectivity index (χ0n) is 6.67. The molecule has 2 saturated carbocycles. The van der Waals surface area contributed by atoms with E-state index in [0.717, 1.165) is 18.8 Å². The maximum absolute atomic E-state index is 11.2. The number of carbonyl (C=O) groups is 1. The fraction of sp³-hybridized carbons (Fsp3) is 0.889. The van der Waals surface area contributed by atoms with E-state index >= 15 is 0 Å². The van der Waals surface area contributed by atoms with Gasteiger partial charge in [0.25, 0.3) is 0 Å². The molecule has 0 N–H and O–H groups in total. The van der Waals surface area contributed by atoms with Gasteiger partial charge in [-0.2, -0.15) is 0 Å². The van der Waals surface area contributed by atoms with Crippen molar-refractivity contribution in [3.8, 4) is 0 Å². The third-order valence-corrected chi connectivity index (χ3v) is 4.16. The van der Waals surface area contributed by atoms with Gasteiger partial charge in [0.2, 0.25) is 0 Å². The molecule has 0 spiro atoms. The summed E-state index contributed by atoms with van der Waals surface area (Å²) in [6.07, 6.45) is 3.78. The molecule has 0 amide bonds. The van der Waals surface area contributed by atoms with Crippen LogP contribution in [0.1, 0.15) is 26.2 Å². The van der Waals surface area contributed by atoms with Crippen LogP contribution in [0, 0.1) is 17.3 Å². The number of ether oxygens (including phenoxy) is 1. The molecule has 2 heteroatoms. The van der Waals surface area contributed by atoms with Crippen molar-refractivity contribution in [3.63, 3.8) is 0 Å². The highest BCUT2D eigenvalue weighted by molar-refractivity contribution is 5.78. The molecule has 1 saturated heterocycles. The van der Waals surface area contributed by atoms with E-state index in [0.29, 0.717) is 0 Å². The highest BCUT2D eigenvalue weighted by Crippen LogP contribution is 2.65. The van der Waals surface area contributed by atoms with Crippen LogP contribution in [-0.2, 0) is 9.53 Å². The SMILES string of the molecule is CC12C3CCC1OC(=O)C2C3. The van der Waals surface area contributed by atoms with E-state index in [4.69, 9.17) is 4.74 Å². The average molecular weight is 152 g/mol. The van der Waals surface area contributed by atoms with Gasteiger partial charge in [-0.05, 0) is 25.2 Å². The quantitative estimate of drug-likeness (QED) is 0.490. The summed E-state index contributed by atoms with van der Waals surface area (Å²) in [4.78, 5) is 11.2. The van der Waals surface area contributed by atoms with Crippen molar-refractivity contribution < 1.29 is 9.53 Å². The predicted molar refractivity (Wildman–Crippen MR) is 38.8 cm³/mol. The molecule has 1 heterocycles. The summed E-state index contributed by atoms with van der Waals surface area (Å²) < 4.78 is 5.30. The van der Waals surface area contributed by atoms with Crippen molar-refractivity contribution >= 4 is 5.97 Å². The molecule has 0 bridgehead atoms. The summed E-state index contributed by atoms with van der Waals surface area (Å²) in [6.45, 7) is 2.23. The smallest absolute Gasteiger partial charge is 0.309 e. The zero-order valence-corrected chi connectivity index (χ0v) is 6.67. The van der Waals surface area contributed by atoms with E-state index in [2.05, 4.69) is 6.92 Å². The van der Waals surface area contributed by atoms with Gasteiger partial charge in [0, 0.05) is 5.41 Å². The van der Waals surface area contributed by atoms with E-state index in [9.17, 15) is 4.79 Å². The van der Waals surface area contributed by atoms with Crippen LogP contribution in [0.2, 0.25) is 0 Å². The normalized spacial score (nSPS) is 58.6. The number of hydrogen-bond donors (Lipinski definition) is 0. The Labute approximate surface area is 65.9 Å². The first-order valence-corrected chi connectivity index (χ1v) is 4.43. The standard InChI is InChI=1S/C9H12O2/c1-9-5-2-3-7(9)11-8(10)6(9)4-5/h5-7H,2-4H2,1H3. The Kier molecular flexibility index (Phi) is 0.809. The minimum atomic E-state index is 0.0773. The molecule has 4 atom stereocenters. The van der Waals surface area contributed by atoms with Gasteiger partial charge in [-0.1, -0.05) is 6.92 Å². The molecule has 11 heavy (non-hydrogen) atoms. The van der Waals surface area contributed by atoms with Gasteiger partial charge < -0.3 is 4.74 Å². The number of hydrogen-bond acceptors (Lipinski definition) is 2. The van der Waals surface area contributed by atoms with E-state index < -0.39 is 0 Å². The Hall–Kier alpha value is -0.530. The summed E-state index contributed by atoms with van der Waals surface area (Å²) in [5, 5.41) is 0. The molecular weight excluding hydrogens is 140 g/mol. The minimum absolute atomic E-state index is 0.0773. The van der Waals surface area contributed by atoms with E-state index in [1.165, 1.54) is 6.42 Å². The van der Waals surface area contributed by atoms with Crippen molar-refractivity contribution in [1.29, 1.82) is 0 Å². The number of carbonyl (C=O) groups excluding carboxylic acids is 1. The molecule has 2 aliphatic carbocycles. The fourth-order valence-electron chi connectivity index (χ4n) is 3.25. The van der Waals surface area contributed by atoms with Gasteiger partial charge in [0.15, 0.2) is 0 Å². The molecule has 0 aromatic rings. The van der Waals surface area contributed by atoms with Gasteiger partial charge in [-0.3, -0.25) is 4.79 Å². The molecule has 60 valence electrons. The highest BCUT2D eigenvalue weighted by Gasteiger charge is 2.68. The third-order valence-electron chi connectivity index (χ3n) is 4.16. The Balaban J connectivity index is 2.06. The Morgan fingerprint density at radius 2 is 2.36 bits per heavy atom. The summed E-state index contributed by atoms with van der Waals surface area (Å²) in [6, 6.07) is 0. The van der Waals surface area contributed by atoms with Crippen LogP contribution in [0.3, 0.4) is 0 Å². The van der Waals surface area contributed by atoms with Gasteiger partial charge in [-0.25, -0.2) is 0 Å². The van der Waals surface area contributed by atoms with E-state index in [1.807, 2.05) is 0 Å². The topological polar surface area (TPSA) is 26.3 Å². The molecule has 3 fully saturated rings. The highest BCUT2D eigenvalue weighted by atomic mass is 16.6. The maximum Gasteiger partial charge on any atom is 0.309 e. The lowest BCUT2D eigenvalue weighted by Gasteiger charge is -2.44. The summed E-state index contributed by atoms with van der Waals surface area (Å²) in [5.41, 5.74) is 0.261. The Morgan fingerprint density at radius 3 is 3.09 bits per heavy atom. The first-order chi connectivity index (χ1) is 5.23. The predicted octanol–water partition coefficient (Wildman–Crippen LogP) is 1.35. The molecule has 0 aromatic carbocycles. The molecule has 2 nitrogen and oxygen atoms in total. The van der Waals surface area contributed by atoms with Crippen LogP contribution in [0.25, 0.3) is 0 Å². The molecule has 0 aromatic heterocycles. The van der Waals surface area contributed by atoms with Gasteiger partial charge in [0.05, 0.1) is 5.92 Å². The first kappa shape index (κ1) is 6.04. The largest absolute Gasteiger partial charge is 0.462 e. The van der Waals surface area contributed by atoms with Crippen molar-refractivity contribution in [2.24, 2.45) is 17.3 Å². The molecule has 1 aliphatic heterocycles. The monoisotopic (exact) mass is 152 g/mol. The molecule has 3 aliphatic rings. The number of esters is 1. The Morgan fingerprint density at radius 1 is 1.55 bits per heavy atom. The summed E-state index contributed by atoms with van der Waals surface area (Å²) in [5.74, 6) is 1.14. The lowest BCUT2D eigenvalue weighted by Crippen LogP contribution is -2.46. The fourth-order valence-corrected chi connectivity index (χ4v) is 3.25. The second kappa shape index (κ2) is 1.47. The number of rotatable bonds is 0. The van der Waals surface area contributed by atoms with Crippen molar-refractivity contribution in [2.45, 2.75) is 32.3 Å². The van der Waals surface area contributed by atoms with E-state index in [1.54, 1.807) is 0 Å². The summed E-state index contributed by atoms with van der Waals surface area (Å²) in [7, 11) is 0. The van der Waals surface area contributed by atoms with Gasteiger partial charge in [0.1, 0.15) is 6.10 Å². The Bertz CT molecular complexity index is 236. The van der Waals surface area contributed by atoms with Crippen LogP contribution in [-0.4, -0.2) is 12.1 Å². The second-order valence-corrected chi connectivity index (χ2v) is 4.35. The molecular formula is C9H12O2. The van der Waals surface area contributed by atoms with E-state index in [-0.39, 0.29) is 23.4 Å². The average Bonchev–Trinajstić information content (AvgIpc) is 2.20. The van der Waals surface area contributed by atoms with Crippen LogP contribution >= 0.6 is 0 Å². The van der Waals surface area contributed by atoms with Crippen molar-refractivity contribution in [3.05, 3.63) is 0 Å². The van der Waals surface area contributed by atoms with Crippen LogP contribution in [0.5, 0.6) is 0 Å². The van der Waals surface area contributed by atoms with Gasteiger partial charge in [-0.15, -0.1) is 0 Å². The molecule has 4 unspecified atom stereocenters.